The third-order valence-corrected chi connectivity index (χ3v) is 4.91. The van der Waals surface area contributed by atoms with Crippen LogP contribution < -0.4 is 29.6 Å². The fourth-order valence-corrected chi connectivity index (χ4v) is 3.73. The van der Waals surface area contributed by atoms with Gasteiger partial charge in [0.05, 0.1) is 23.6 Å². The van der Waals surface area contributed by atoms with E-state index in [0.717, 1.165) is 16.7 Å². The minimum Gasteiger partial charge on any atom is -1.00 e. The molecule has 0 bridgehead atoms. The number of aliphatic hydroxyl groups excluding tert-OH is 1. The van der Waals surface area contributed by atoms with Crippen LogP contribution in [0, 0.1) is 0 Å². The molecule has 0 spiro atoms. The second-order valence-corrected chi connectivity index (χ2v) is 6.32. The molecule has 1 aromatic heterocycles. The van der Waals surface area contributed by atoms with Gasteiger partial charge in [-0.15, -0.1) is 0 Å². The Labute approximate surface area is 182 Å². The second-order valence-electron chi connectivity index (χ2n) is 6.32. The van der Waals surface area contributed by atoms with E-state index in [1.165, 1.54) is 0 Å². The Hall–Kier alpha value is -2.17. The van der Waals surface area contributed by atoms with Gasteiger partial charge in [-0.3, -0.25) is 0 Å². The number of rotatable bonds is 5. The maximum atomic E-state index is 11.6. The number of nitrogens with one attached hydrogen (secondary N) is 1. The Morgan fingerprint density at radius 1 is 0.741 bits per heavy atom. The van der Waals surface area contributed by atoms with Crippen molar-refractivity contribution in [2.75, 3.05) is 0 Å². The summed E-state index contributed by atoms with van der Waals surface area (Å²) in [5, 5.41) is 11.6. The van der Waals surface area contributed by atoms with Gasteiger partial charge in [0, 0.05) is 0 Å². The fraction of sp³-hybridized carbons (Fsp3) is 0.0870. The monoisotopic (exact) mass is 364 g/mol. The van der Waals surface area contributed by atoms with Crippen molar-refractivity contribution in [1.82, 2.24) is 9.97 Å². The van der Waals surface area contributed by atoms with E-state index in [1.54, 1.807) is 12.5 Å². The number of benzene rings is 3. The Morgan fingerprint density at radius 3 is 1.48 bits per heavy atom. The maximum Gasteiger partial charge on any atom is 1.00 e. The Balaban J connectivity index is 0.00000140. The molecule has 3 nitrogen and oxygen atoms in total. The molecule has 0 saturated carbocycles. The predicted octanol–water partition coefficient (Wildman–Crippen LogP) is 1.59. The van der Waals surface area contributed by atoms with E-state index in [-0.39, 0.29) is 31.0 Å². The minimum absolute atomic E-state index is 0. The van der Waals surface area contributed by atoms with Gasteiger partial charge in [0.2, 0.25) is 0 Å². The summed E-state index contributed by atoms with van der Waals surface area (Å²) >= 11 is 0. The molecule has 4 heteroatoms. The van der Waals surface area contributed by atoms with Crippen molar-refractivity contribution in [2.24, 2.45) is 0 Å². The van der Waals surface area contributed by atoms with Gasteiger partial charge in [-0.2, -0.15) is 0 Å². The van der Waals surface area contributed by atoms with E-state index in [4.69, 9.17) is 0 Å². The van der Waals surface area contributed by atoms with Gasteiger partial charge >= 0.3 is 29.6 Å². The molecule has 0 fully saturated rings. The molecule has 27 heavy (non-hydrogen) atoms. The number of hydrogen-bond acceptors (Lipinski definition) is 2. The molecule has 0 aliphatic carbocycles. The standard InChI is InChI=1S/C23H20N2O.Na.H/c26-22(21-16-24-17-25-21)23(18-10-4-1-5-11-18,19-12-6-2-7-13-19)20-14-8-3-9-15-20;;/h1-17,22,26H,(H,24,25);;/q;+1;-1. The van der Waals surface area contributed by atoms with Crippen LogP contribution in [0.1, 0.15) is 29.9 Å². The molecule has 4 rings (SSSR count). The van der Waals surface area contributed by atoms with Gasteiger partial charge in [0.1, 0.15) is 6.10 Å². The first-order valence-electron chi connectivity index (χ1n) is 8.66. The van der Waals surface area contributed by atoms with Gasteiger partial charge in [-0.1, -0.05) is 91.0 Å². The Morgan fingerprint density at radius 2 is 1.15 bits per heavy atom. The average Bonchev–Trinajstić information content (AvgIpc) is 3.26. The molecule has 2 N–H and O–H groups in total. The normalized spacial score (nSPS) is 12.2. The van der Waals surface area contributed by atoms with Crippen LogP contribution in [0.4, 0.5) is 0 Å². The summed E-state index contributed by atoms with van der Waals surface area (Å²) in [5.41, 5.74) is 3.01. The smallest absolute Gasteiger partial charge is 1.00 e. The summed E-state index contributed by atoms with van der Waals surface area (Å²) in [4.78, 5) is 7.21. The van der Waals surface area contributed by atoms with Crippen molar-refractivity contribution < 1.29 is 36.1 Å². The molecule has 4 aromatic rings. The van der Waals surface area contributed by atoms with E-state index in [0.29, 0.717) is 5.69 Å². The number of imidazole rings is 1. The van der Waals surface area contributed by atoms with Crippen molar-refractivity contribution in [3.05, 3.63) is 126 Å². The minimum atomic E-state index is -0.822. The summed E-state index contributed by atoms with van der Waals surface area (Å²) in [6.07, 6.45) is 2.47. The molecule has 1 heterocycles. The van der Waals surface area contributed by atoms with Gasteiger partial charge in [0.15, 0.2) is 0 Å². The zero-order valence-electron chi connectivity index (χ0n) is 16.3. The quantitative estimate of drug-likeness (QED) is 0.417. The molecular weight excluding hydrogens is 343 g/mol. The van der Waals surface area contributed by atoms with Crippen LogP contribution in [0.15, 0.2) is 104 Å². The van der Waals surface area contributed by atoms with Crippen molar-refractivity contribution >= 4 is 0 Å². The third kappa shape index (κ3) is 3.52. The molecule has 1 unspecified atom stereocenters. The first-order chi connectivity index (χ1) is 12.8. The van der Waals surface area contributed by atoms with E-state index < -0.39 is 11.5 Å². The summed E-state index contributed by atoms with van der Waals surface area (Å²) in [6, 6.07) is 30.5. The van der Waals surface area contributed by atoms with Crippen molar-refractivity contribution in [3.63, 3.8) is 0 Å². The van der Waals surface area contributed by atoms with Crippen molar-refractivity contribution in [3.8, 4) is 0 Å². The van der Waals surface area contributed by atoms with Crippen LogP contribution in [0.25, 0.3) is 0 Å². The predicted molar refractivity (Wildman–Crippen MR) is 104 cm³/mol. The van der Waals surface area contributed by atoms with Gasteiger partial charge < -0.3 is 11.5 Å². The van der Waals surface area contributed by atoms with Gasteiger partial charge in [0.25, 0.3) is 0 Å². The summed E-state index contributed by atoms with van der Waals surface area (Å²) < 4.78 is 0. The Bertz CT molecular complexity index is 851. The molecule has 0 aliphatic heterocycles. The number of nitrogens with zero attached hydrogens (tertiary/aromatic N) is 1. The van der Waals surface area contributed by atoms with E-state index in [2.05, 4.69) is 46.4 Å². The maximum absolute atomic E-state index is 11.6. The van der Waals surface area contributed by atoms with Gasteiger partial charge in [-0.25, -0.2) is 4.98 Å². The molecule has 0 radical (unpaired) electrons. The van der Waals surface area contributed by atoms with E-state index in [9.17, 15) is 5.11 Å². The Kier molecular flexibility index (Phi) is 6.30. The number of aromatic amines is 1. The molecule has 130 valence electrons. The fourth-order valence-electron chi connectivity index (χ4n) is 3.73. The average molecular weight is 364 g/mol. The zero-order chi connectivity index (χ0) is 17.8. The topological polar surface area (TPSA) is 48.9 Å². The van der Waals surface area contributed by atoms with Crippen LogP contribution in [-0.2, 0) is 5.41 Å². The third-order valence-electron chi connectivity index (χ3n) is 4.91. The molecule has 3 aromatic carbocycles. The van der Waals surface area contributed by atoms with E-state index in [1.807, 2.05) is 54.6 Å². The number of aromatic nitrogens is 2. The molecular formula is C23H21N2NaO. The number of aliphatic hydroxyl groups is 1. The first-order valence-corrected chi connectivity index (χ1v) is 8.66. The van der Waals surface area contributed by atoms with Crippen LogP contribution in [0.5, 0.6) is 0 Å². The number of H-pyrrole nitrogens is 1. The van der Waals surface area contributed by atoms with Crippen LogP contribution in [-0.4, -0.2) is 15.1 Å². The van der Waals surface area contributed by atoms with E-state index >= 15 is 0 Å². The van der Waals surface area contributed by atoms with Crippen molar-refractivity contribution in [1.29, 1.82) is 0 Å². The summed E-state index contributed by atoms with van der Waals surface area (Å²) in [7, 11) is 0. The molecule has 0 aliphatic rings. The van der Waals surface area contributed by atoms with Crippen molar-refractivity contribution in [2.45, 2.75) is 11.5 Å². The first kappa shape index (κ1) is 19.6. The summed E-state index contributed by atoms with van der Waals surface area (Å²) in [6.45, 7) is 0. The summed E-state index contributed by atoms with van der Waals surface area (Å²) in [5.74, 6) is 0. The second kappa shape index (κ2) is 8.68. The zero-order valence-corrected chi connectivity index (χ0v) is 17.3. The largest absolute Gasteiger partial charge is 1.00 e. The van der Waals surface area contributed by atoms with Crippen LogP contribution >= 0.6 is 0 Å². The molecule has 0 saturated heterocycles. The van der Waals surface area contributed by atoms with Gasteiger partial charge in [-0.05, 0) is 16.7 Å². The SMILES string of the molecule is OC(c1cnc[nH]1)C(c1ccccc1)(c1ccccc1)c1ccccc1.[H-].[Na+]. The molecule has 0 amide bonds. The molecule has 1 atom stereocenters. The number of hydrogen-bond donors (Lipinski definition) is 2. The van der Waals surface area contributed by atoms with Crippen LogP contribution in [0.3, 0.4) is 0 Å². The van der Waals surface area contributed by atoms with Crippen LogP contribution in [0.2, 0.25) is 0 Å².